The molecule has 9 heteroatoms. The van der Waals surface area contributed by atoms with Gasteiger partial charge in [-0.2, -0.15) is 0 Å². The number of imidazole rings is 1. The summed E-state index contributed by atoms with van der Waals surface area (Å²) in [7, 11) is 2.09. The largest absolute Gasteiger partial charge is 0.487 e. The fourth-order valence-corrected chi connectivity index (χ4v) is 6.13. The van der Waals surface area contributed by atoms with E-state index in [-0.39, 0.29) is 12.6 Å². The number of carbonyl (C=O) groups is 1. The summed E-state index contributed by atoms with van der Waals surface area (Å²) in [6, 6.07) is 9.97. The number of ether oxygens (including phenoxy) is 2. The molecule has 3 aromatic rings. The van der Waals surface area contributed by atoms with E-state index in [1.807, 2.05) is 49.6 Å². The number of carbonyl (C=O) groups excluding carboxylic acids is 1. The fourth-order valence-electron chi connectivity index (χ4n) is 4.95. The maximum atomic E-state index is 12.1. The summed E-state index contributed by atoms with van der Waals surface area (Å²) in [4.78, 5) is 23.4. The van der Waals surface area contributed by atoms with E-state index in [0.29, 0.717) is 11.9 Å². The van der Waals surface area contributed by atoms with Crippen LogP contribution in [0.5, 0.6) is 5.75 Å². The van der Waals surface area contributed by atoms with Gasteiger partial charge in [0.2, 0.25) is 0 Å². The van der Waals surface area contributed by atoms with E-state index in [0.717, 1.165) is 72.2 Å². The van der Waals surface area contributed by atoms with Gasteiger partial charge < -0.3 is 19.7 Å². The third-order valence-corrected chi connectivity index (χ3v) is 8.49. The second-order valence-electron chi connectivity index (χ2n) is 10.5. The molecule has 1 aliphatic heterocycles. The van der Waals surface area contributed by atoms with Crippen LogP contribution < -0.4 is 10.1 Å². The van der Waals surface area contributed by atoms with Crippen LogP contribution in [0.15, 0.2) is 66.2 Å². The van der Waals surface area contributed by atoms with E-state index in [1.54, 1.807) is 18.0 Å². The first-order valence-corrected chi connectivity index (χ1v) is 15.1. The number of nitrogens with zero attached hydrogens (tertiary/aromatic N) is 4. The molecular formula is C32H37N5O3S. The summed E-state index contributed by atoms with van der Waals surface area (Å²) in [5, 5.41) is 4.30. The van der Waals surface area contributed by atoms with E-state index in [9.17, 15) is 4.79 Å². The van der Waals surface area contributed by atoms with E-state index in [4.69, 9.17) is 14.5 Å². The summed E-state index contributed by atoms with van der Waals surface area (Å²) in [5.41, 5.74) is 3.79. The first-order valence-electron chi connectivity index (χ1n) is 14.2. The molecular weight excluding hydrogens is 534 g/mol. The highest BCUT2D eigenvalue weighted by Crippen LogP contribution is 2.32. The molecule has 214 valence electrons. The number of allylic oxidation sites excluding steroid dienone is 1. The molecule has 1 aliphatic carbocycles. The van der Waals surface area contributed by atoms with E-state index in [2.05, 4.69) is 50.8 Å². The van der Waals surface area contributed by atoms with Gasteiger partial charge in [-0.3, -0.25) is 9.55 Å². The topological polar surface area (TPSA) is 81.5 Å². The average molecular weight is 572 g/mol. The Balaban J connectivity index is 1.17. The van der Waals surface area contributed by atoms with Gasteiger partial charge in [0, 0.05) is 23.1 Å². The lowest BCUT2D eigenvalue weighted by Gasteiger charge is -2.28. The molecule has 0 saturated carbocycles. The van der Waals surface area contributed by atoms with Gasteiger partial charge in [-0.1, -0.05) is 35.8 Å². The zero-order chi connectivity index (χ0) is 28.4. The van der Waals surface area contributed by atoms with Crippen molar-refractivity contribution < 1.29 is 14.3 Å². The number of aryl methyl sites for hydroxylation is 1. The van der Waals surface area contributed by atoms with Crippen molar-refractivity contribution >= 4 is 17.9 Å². The molecule has 1 fully saturated rings. The minimum absolute atomic E-state index is 0.0471. The molecule has 2 aliphatic rings. The van der Waals surface area contributed by atoms with Crippen molar-refractivity contribution in [3.05, 3.63) is 77.9 Å². The van der Waals surface area contributed by atoms with Crippen LogP contribution in [0, 0.1) is 18.8 Å². The standard InChI is InChI=1S/C32H37N5O3S/c1-24-20-29(13-12-25(24)8-7-19-39-32(38)35-26-14-17-36(2)18-15-26)40-23-28-22-34-31(41-30-10-4-3-5-11-30)37(28)27-9-6-16-33-21-27/h4,6,9-10,12-13,16,20-22,26,30H,3,5,11,14-15,17-19,23H2,1-2H3,(H,35,38). The predicted molar refractivity (Wildman–Crippen MR) is 161 cm³/mol. The molecule has 1 amide bonds. The third-order valence-electron chi connectivity index (χ3n) is 7.30. The lowest BCUT2D eigenvalue weighted by molar-refractivity contribution is 0.147. The Labute approximate surface area is 246 Å². The fraction of sp³-hybridized carbons (Fsp3) is 0.406. The van der Waals surface area contributed by atoms with Gasteiger partial charge in [-0.05, 0) is 95.1 Å². The lowest BCUT2D eigenvalue weighted by Crippen LogP contribution is -2.43. The Kier molecular flexibility index (Phi) is 10.00. The maximum Gasteiger partial charge on any atom is 0.408 e. The summed E-state index contributed by atoms with van der Waals surface area (Å²) >= 11 is 1.78. The Morgan fingerprint density at radius 2 is 2.07 bits per heavy atom. The number of thioether (sulfide) groups is 1. The minimum atomic E-state index is -0.406. The zero-order valence-electron chi connectivity index (χ0n) is 23.7. The molecule has 2 aromatic heterocycles. The van der Waals surface area contributed by atoms with Crippen molar-refractivity contribution in [3.63, 3.8) is 0 Å². The van der Waals surface area contributed by atoms with Gasteiger partial charge >= 0.3 is 6.09 Å². The molecule has 1 saturated heterocycles. The second kappa shape index (κ2) is 14.2. The van der Waals surface area contributed by atoms with Crippen LogP contribution in [0.3, 0.4) is 0 Å². The van der Waals surface area contributed by atoms with Crippen LogP contribution in [0.25, 0.3) is 5.69 Å². The Morgan fingerprint density at radius 1 is 1.20 bits per heavy atom. The number of likely N-dealkylation sites (tertiary alicyclic amines) is 1. The third kappa shape index (κ3) is 8.15. The molecule has 8 nitrogen and oxygen atoms in total. The van der Waals surface area contributed by atoms with Gasteiger partial charge in [0.1, 0.15) is 12.4 Å². The highest BCUT2D eigenvalue weighted by Gasteiger charge is 2.19. The van der Waals surface area contributed by atoms with Gasteiger partial charge in [0.15, 0.2) is 11.8 Å². The minimum Gasteiger partial charge on any atom is -0.487 e. The Hall–Kier alpha value is -3.74. The molecule has 0 bridgehead atoms. The molecule has 0 radical (unpaired) electrons. The van der Waals surface area contributed by atoms with Gasteiger partial charge in [0.25, 0.3) is 0 Å². The number of hydrogen-bond donors (Lipinski definition) is 1. The van der Waals surface area contributed by atoms with E-state index in [1.165, 1.54) is 6.42 Å². The predicted octanol–water partition coefficient (Wildman–Crippen LogP) is 5.53. The number of rotatable bonds is 8. The van der Waals surface area contributed by atoms with E-state index >= 15 is 0 Å². The van der Waals surface area contributed by atoms with Crippen molar-refractivity contribution in [3.8, 4) is 23.3 Å². The first kappa shape index (κ1) is 28.8. The van der Waals surface area contributed by atoms with Crippen molar-refractivity contribution in [1.29, 1.82) is 0 Å². The number of hydrogen-bond acceptors (Lipinski definition) is 7. The van der Waals surface area contributed by atoms with Crippen molar-refractivity contribution in [2.75, 3.05) is 26.7 Å². The quantitative estimate of drug-likeness (QED) is 0.281. The molecule has 3 heterocycles. The molecule has 1 N–H and O–H groups in total. The summed E-state index contributed by atoms with van der Waals surface area (Å²) in [5.74, 6) is 6.81. The molecule has 5 rings (SSSR count). The monoisotopic (exact) mass is 571 g/mol. The van der Waals surface area contributed by atoms with Crippen molar-refractivity contribution in [2.45, 2.75) is 62.1 Å². The average Bonchev–Trinajstić information content (AvgIpc) is 3.39. The number of piperidine rings is 1. The van der Waals surface area contributed by atoms with E-state index < -0.39 is 6.09 Å². The Morgan fingerprint density at radius 3 is 2.83 bits per heavy atom. The number of amides is 1. The van der Waals surface area contributed by atoms with Crippen LogP contribution in [0.4, 0.5) is 4.79 Å². The highest BCUT2D eigenvalue weighted by atomic mass is 32.2. The van der Waals surface area contributed by atoms with Crippen LogP contribution in [0.2, 0.25) is 0 Å². The van der Waals surface area contributed by atoms with Crippen LogP contribution in [-0.4, -0.2) is 63.6 Å². The molecule has 1 aromatic carbocycles. The van der Waals surface area contributed by atoms with Crippen molar-refractivity contribution in [1.82, 2.24) is 24.8 Å². The lowest BCUT2D eigenvalue weighted by atomic mass is 10.1. The number of nitrogens with one attached hydrogen (secondary N) is 1. The SMILES string of the molecule is Cc1cc(OCc2cnc(SC3C=CCCC3)n2-c2cccnc2)ccc1C#CCOC(=O)NC1CCN(C)CC1. The first-order chi connectivity index (χ1) is 20.0. The molecule has 1 unspecified atom stereocenters. The van der Waals surface area contributed by atoms with Crippen LogP contribution in [0.1, 0.15) is 48.9 Å². The highest BCUT2D eigenvalue weighted by molar-refractivity contribution is 7.99. The summed E-state index contributed by atoms with van der Waals surface area (Å²) < 4.78 is 13.6. The number of pyridine rings is 1. The van der Waals surface area contributed by atoms with Gasteiger partial charge in [0.05, 0.1) is 23.8 Å². The van der Waals surface area contributed by atoms with Crippen LogP contribution >= 0.6 is 11.8 Å². The Bertz CT molecular complexity index is 1400. The van der Waals surface area contributed by atoms with Gasteiger partial charge in [-0.25, -0.2) is 9.78 Å². The van der Waals surface area contributed by atoms with Crippen LogP contribution in [-0.2, 0) is 11.3 Å². The maximum absolute atomic E-state index is 12.1. The van der Waals surface area contributed by atoms with Gasteiger partial charge in [-0.15, -0.1) is 0 Å². The smallest absolute Gasteiger partial charge is 0.408 e. The summed E-state index contributed by atoms with van der Waals surface area (Å²) in [6.07, 6.45) is 15.1. The second-order valence-corrected chi connectivity index (χ2v) is 11.7. The number of benzene rings is 1. The normalized spacial score (nSPS) is 17.5. The van der Waals surface area contributed by atoms with Crippen molar-refractivity contribution in [2.24, 2.45) is 0 Å². The summed E-state index contributed by atoms with van der Waals surface area (Å²) in [6.45, 7) is 4.38. The molecule has 0 spiro atoms. The number of aromatic nitrogens is 3. The molecule has 41 heavy (non-hydrogen) atoms. The number of alkyl carbamates (subject to hydrolysis) is 1. The zero-order valence-corrected chi connectivity index (χ0v) is 24.5. The molecule has 1 atom stereocenters.